The molecule has 0 fully saturated rings. The molecule has 2 rings (SSSR count). The maximum absolute atomic E-state index is 10.1. The zero-order valence-electron chi connectivity index (χ0n) is 8.92. The number of ether oxygens (including phenoxy) is 1. The number of alkyl halides is 2. The Labute approximate surface area is 113 Å². The van der Waals surface area contributed by atoms with Gasteiger partial charge in [-0.15, -0.1) is 0 Å². The van der Waals surface area contributed by atoms with Crippen molar-refractivity contribution >= 4 is 37.6 Å². The first kappa shape index (κ1) is 13.9. The fourth-order valence-corrected chi connectivity index (χ4v) is 2.27. The molecule has 1 heterocycles. The molecule has 2 nitrogen and oxygen atoms in total. The van der Waals surface area contributed by atoms with E-state index in [1.165, 1.54) is 11.1 Å². The highest BCUT2D eigenvalue weighted by Crippen LogP contribution is 2.14. The molecule has 1 aliphatic rings. The van der Waals surface area contributed by atoms with Gasteiger partial charge in [-0.05, 0) is 17.5 Å². The van der Waals surface area contributed by atoms with Gasteiger partial charge in [0.1, 0.15) is 0 Å². The Kier molecular flexibility index (Phi) is 6.92. The van der Waals surface area contributed by atoms with Crippen molar-refractivity contribution in [3.63, 3.8) is 0 Å². The molecule has 0 aromatic heterocycles. The van der Waals surface area contributed by atoms with E-state index in [0.717, 1.165) is 19.6 Å². The molecule has 0 bridgehead atoms. The first-order valence-corrected chi connectivity index (χ1v) is 7.30. The topological polar surface area (TPSA) is 26.3 Å². The van der Waals surface area contributed by atoms with Crippen LogP contribution in [0.4, 0.5) is 0 Å². The fourth-order valence-electron chi connectivity index (χ4n) is 1.34. The summed E-state index contributed by atoms with van der Waals surface area (Å²) in [7, 11) is 0. The average Bonchev–Trinajstić information content (AvgIpc) is 2.38. The van der Waals surface area contributed by atoms with Gasteiger partial charge < -0.3 is 4.74 Å². The minimum Gasteiger partial charge on any atom is -0.376 e. The third kappa shape index (κ3) is 4.76. The molecule has 0 amide bonds. The first-order chi connectivity index (χ1) is 7.77. The summed E-state index contributed by atoms with van der Waals surface area (Å²) in [4.78, 5) is 10.1. The summed E-state index contributed by atoms with van der Waals surface area (Å²) >= 11 is 5.99. The van der Waals surface area contributed by atoms with Crippen LogP contribution in [0, 0.1) is 0 Å². The lowest BCUT2D eigenvalue weighted by molar-refractivity contribution is -0.114. The van der Waals surface area contributed by atoms with E-state index in [2.05, 4.69) is 56.1 Å². The lowest BCUT2D eigenvalue weighted by Gasteiger charge is -2.14. The summed E-state index contributed by atoms with van der Waals surface area (Å²) in [6, 6.07) is 8.46. The molecule has 88 valence electrons. The summed E-state index contributed by atoms with van der Waals surface area (Å²) in [6.07, 6.45) is 1.08. The van der Waals surface area contributed by atoms with Crippen LogP contribution in [0.25, 0.3) is 0 Å². The second-order valence-corrected chi connectivity index (χ2v) is 4.50. The average molecular weight is 350 g/mol. The molecule has 0 unspecified atom stereocenters. The smallest absolute Gasteiger partial charge is 0.153 e. The zero-order valence-corrected chi connectivity index (χ0v) is 12.1. The summed E-state index contributed by atoms with van der Waals surface area (Å²) < 4.78 is 5.30. The van der Waals surface area contributed by atoms with Gasteiger partial charge in [0, 0.05) is 0 Å². The number of fused-ring (bicyclic) bond motifs is 1. The van der Waals surface area contributed by atoms with Gasteiger partial charge in [-0.2, -0.15) is 0 Å². The van der Waals surface area contributed by atoms with Gasteiger partial charge in [0.2, 0.25) is 0 Å². The molecule has 0 spiro atoms. The number of halogens is 2. The van der Waals surface area contributed by atoms with Crippen LogP contribution in [0.3, 0.4) is 0 Å². The first-order valence-electron chi connectivity index (χ1n) is 5.06. The molecular weight excluding hydrogens is 336 g/mol. The quantitative estimate of drug-likeness (QED) is 0.767. The van der Waals surface area contributed by atoms with Gasteiger partial charge in [0.15, 0.2) is 5.78 Å². The van der Waals surface area contributed by atoms with Crippen molar-refractivity contribution in [2.45, 2.75) is 13.0 Å². The Balaban J connectivity index is 0.000000187. The predicted octanol–water partition coefficient (Wildman–Crippen LogP) is 3.10. The van der Waals surface area contributed by atoms with Gasteiger partial charge >= 0.3 is 0 Å². The second kappa shape index (κ2) is 7.98. The third-order valence-corrected chi connectivity index (χ3v) is 3.44. The number of carbonyl (C=O) groups is 1. The monoisotopic (exact) mass is 348 g/mol. The van der Waals surface area contributed by atoms with E-state index in [4.69, 9.17) is 4.74 Å². The number of hydrogen-bond acceptors (Lipinski definition) is 2. The van der Waals surface area contributed by atoms with E-state index < -0.39 is 0 Å². The van der Waals surface area contributed by atoms with Crippen LogP contribution >= 0.6 is 31.9 Å². The lowest BCUT2D eigenvalue weighted by Crippen LogP contribution is -2.08. The summed E-state index contributed by atoms with van der Waals surface area (Å²) in [5.41, 5.74) is 2.81. The highest BCUT2D eigenvalue weighted by Gasteiger charge is 2.06. The molecule has 0 radical (unpaired) electrons. The molecule has 4 heteroatoms. The highest BCUT2D eigenvalue weighted by molar-refractivity contribution is 9.10. The van der Waals surface area contributed by atoms with Crippen LogP contribution in [0.5, 0.6) is 0 Å². The summed E-state index contributed by atoms with van der Waals surface area (Å²) in [6.45, 7) is 1.69. The normalized spacial score (nSPS) is 13.4. The number of benzene rings is 1. The van der Waals surface area contributed by atoms with Crippen molar-refractivity contribution in [2.24, 2.45) is 0 Å². The Morgan fingerprint density at radius 2 is 1.81 bits per heavy atom. The number of ketones is 1. The van der Waals surface area contributed by atoms with E-state index >= 15 is 0 Å². The minimum atomic E-state index is 0.176. The maximum Gasteiger partial charge on any atom is 0.153 e. The molecule has 0 N–H and O–H groups in total. The van der Waals surface area contributed by atoms with Crippen molar-refractivity contribution in [2.75, 3.05) is 17.3 Å². The molecule has 0 saturated heterocycles. The zero-order chi connectivity index (χ0) is 11.8. The molecule has 0 atom stereocenters. The standard InChI is InChI=1S/C9H10O.C3H4Br2O/c1-2-4-9-7-10-6-5-8(9)3-1;4-1-3(6)2-5/h1-4H,5-7H2;1-2H2. The van der Waals surface area contributed by atoms with Crippen LogP contribution in [0.15, 0.2) is 24.3 Å². The molecule has 1 aromatic rings. The van der Waals surface area contributed by atoms with E-state index in [0.29, 0.717) is 10.7 Å². The molecule has 0 aliphatic carbocycles. The molecular formula is C12H14Br2O2. The van der Waals surface area contributed by atoms with Gasteiger partial charge in [0.25, 0.3) is 0 Å². The predicted molar refractivity (Wildman–Crippen MR) is 72.4 cm³/mol. The van der Waals surface area contributed by atoms with Gasteiger partial charge in [-0.25, -0.2) is 0 Å². The van der Waals surface area contributed by atoms with Crippen molar-refractivity contribution in [3.8, 4) is 0 Å². The Morgan fingerprint density at radius 3 is 2.31 bits per heavy atom. The van der Waals surface area contributed by atoms with Crippen molar-refractivity contribution in [3.05, 3.63) is 35.4 Å². The van der Waals surface area contributed by atoms with Gasteiger partial charge in [-0.3, -0.25) is 4.79 Å². The molecule has 0 saturated carbocycles. The number of hydrogen-bond donors (Lipinski definition) is 0. The van der Waals surface area contributed by atoms with E-state index in [1.807, 2.05) is 0 Å². The Hall–Kier alpha value is -0.190. The van der Waals surface area contributed by atoms with Crippen LogP contribution in [0.1, 0.15) is 11.1 Å². The van der Waals surface area contributed by atoms with E-state index in [9.17, 15) is 4.79 Å². The van der Waals surface area contributed by atoms with Gasteiger partial charge in [-0.1, -0.05) is 56.1 Å². The second-order valence-electron chi connectivity index (χ2n) is 3.38. The van der Waals surface area contributed by atoms with E-state index in [1.54, 1.807) is 0 Å². The van der Waals surface area contributed by atoms with Crippen LogP contribution in [0.2, 0.25) is 0 Å². The Bertz CT molecular complexity index is 309. The van der Waals surface area contributed by atoms with Crippen molar-refractivity contribution in [1.82, 2.24) is 0 Å². The van der Waals surface area contributed by atoms with Crippen LogP contribution < -0.4 is 0 Å². The van der Waals surface area contributed by atoms with Crippen LogP contribution in [-0.2, 0) is 22.6 Å². The maximum atomic E-state index is 10.1. The highest BCUT2D eigenvalue weighted by atomic mass is 79.9. The number of Topliss-reactive ketones (excluding diaryl/α,β-unsaturated/α-hetero) is 1. The van der Waals surface area contributed by atoms with Gasteiger partial charge in [0.05, 0.1) is 23.9 Å². The number of carbonyl (C=O) groups excluding carboxylic acids is 1. The lowest BCUT2D eigenvalue weighted by atomic mass is 10.0. The number of rotatable bonds is 2. The summed E-state index contributed by atoms with van der Waals surface area (Å²) in [5.74, 6) is 0.176. The third-order valence-electron chi connectivity index (χ3n) is 2.19. The SMILES string of the molecule is O=C(CBr)CBr.c1ccc2c(c1)CCOC2. The summed E-state index contributed by atoms with van der Waals surface area (Å²) in [5, 5.41) is 0.913. The fraction of sp³-hybridized carbons (Fsp3) is 0.417. The van der Waals surface area contributed by atoms with E-state index in [-0.39, 0.29) is 5.78 Å². The van der Waals surface area contributed by atoms with Crippen molar-refractivity contribution in [1.29, 1.82) is 0 Å². The van der Waals surface area contributed by atoms with Crippen molar-refractivity contribution < 1.29 is 9.53 Å². The molecule has 1 aromatic carbocycles. The van der Waals surface area contributed by atoms with Crippen LogP contribution in [-0.4, -0.2) is 23.1 Å². The largest absolute Gasteiger partial charge is 0.376 e. The molecule has 16 heavy (non-hydrogen) atoms. The Morgan fingerprint density at radius 1 is 1.19 bits per heavy atom. The minimum absolute atomic E-state index is 0.176. The molecule has 1 aliphatic heterocycles.